The van der Waals surface area contributed by atoms with Crippen LogP contribution in [0.25, 0.3) is 0 Å². The van der Waals surface area contributed by atoms with E-state index in [-0.39, 0.29) is 29.4 Å². The van der Waals surface area contributed by atoms with E-state index in [1.165, 1.54) is 25.5 Å². The third-order valence-corrected chi connectivity index (χ3v) is 6.25. The summed E-state index contributed by atoms with van der Waals surface area (Å²) in [6, 6.07) is 0. The van der Waals surface area contributed by atoms with Gasteiger partial charge in [-0.05, 0) is 37.5 Å². The van der Waals surface area contributed by atoms with Gasteiger partial charge in [-0.2, -0.15) is 0 Å². The van der Waals surface area contributed by atoms with Gasteiger partial charge in [0.15, 0.2) is 0 Å². The summed E-state index contributed by atoms with van der Waals surface area (Å²) in [5.74, 6) is 0.491. The highest BCUT2D eigenvalue weighted by molar-refractivity contribution is 5.91. The summed E-state index contributed by atoms with van der Waals surface area (Å²) < 4.78 is 16.3. The Labute approximate surface area is 142 Å². The molecule has 5 heteroatoms. The van der Waals surface area contributed by atoms with Gasteiger partial charge in [0.1, 0.15) is 6.10 Å². The summed E-state index contributed by atoms with van der Waals surface area (Å²) in [5.41, 5.74) is 1.33. The Hall–Kier alpha value is -1.78. The van der Waals surface area contributed by atoms with Crippen LogP contribution in [0.15, 0.2) is 23.5 Å². The van der Waals surface area contributed by atoms with Crippen LogP contribution in [-0.4, -0.2) is 24.3 Å². The molecule has 0 radical (unpaired) electrons. The van der Waals surface area contributed by atoms with Crippen molar-refractivity contribution in [2.24, 2.45) is 23.2 Å². The highest BCUT2D eigenvalue weighted by Crippen LogP contribution is 2.58. The zero-order valence-electron chi connectivity index (χ0n) is 14.4. The highest BCUT2D eigenvalue weighted by atomic mass is 16.7. The lowest BCUT2D eigenvalue weighted by Gasteiger charge is -2.42. The van der Waals surface area contributed by atoms with Gasteiger partial charge in [0, 0.05) is 23.5 Å². The van der Waals surface area contributed by atoms with Crippen molar-refractivity contribution < 1.29 is 23.8 Å². The van der Waals surface area contributed by atoms with Gasteiger partial charge in [-0.3, -0.25) is 0 Å². The van der Waals surface area contributed by atoms with Crippen molar-refractivity contribution in [3.05, 3.63) is 23.5 Å². The molecule has 130 valence electrons. The van der Waals surface area contributed by atoms with E-state index in [2.05, 4.69) is 13.8 Å². The highest BCUT2D eigenvalue weighted by Gasteiger charge is 2.58. The van der Waals surface area contributed by atoms with Gasteiger partial charge in [-0.25, -0.2) is 9.59 Å². The summed E-state index contributed by atoms with van der Waals surface area (Å²) in [6.07, 6.45) is 6.95. The van der Waals surface area contributed by atoms with Crippen LogP contribution in [-0.2, 0) is 23.8 Å². The van der Waals surface area contributed by atoms with Crippen molar-refractivity contribution in [2.45, 2.75) is 58.8 Å². The smallest absolute Gasteiger partial charge is 0.337 e. The Morgan fingerprint density at radius 3 is 2.75 bits per heavy atom. The van der Waals surface area contributed by atoms with E-state index in [0.29, 0.717) is 23.0 Å². The second kappa shape index (κ2) is 5.36. The van der Waals surface area contributed by atoms with Crippen LogP contribution >= 0.6 is 0 Å². The first-order valence-electron chi connectivity index (χ1n) is 8.83. The molecule has 0 aromatic carbocycles. The predicted octanol–water partition coefficient (Wildman–Crippen LogP) is 3.10. The van der Waals surface area contributed by atoms with E-state index in [1.54, 1.807) is 13.0 Å². The van der Waals surface area contributed by atoms with E-state index >= 15 is 0 Å². The molecule has 2 saturated carbocycles. The molecule has 2 aliphatic carbocycles. The van der Waals surface area contributed by atoms with Crippen molar-refractivity contribution in [1.29, 1.82) is 0 Å². The van der Waals surface area contributed by atoms with Crippen molar-refractivity contribution in [3.8, 4) is 0 Å². The lowest BCUT2D eigenvalue weighted by molar-refractivity contribution is -0.152. The number of esters is 2. The molecule has 1 saturated heterocycles. The zero-order chi connectivity index (χ0) is 17.1. The van der Waals surface area contributed by atoms with Gasteiger partial charge < -0.3 is 14.2 Å². The SMILES string of the molecule is CC1=CC(O/C=C2/C(=O)OC3C2CC2CCCC(C)(C)C23)OC1=O. The van der Waals surface area contributed by atoms with Crippen molar-refractivity contribution in [3.63, 3.8) is 0 Å². The van der Waals surface area contributed by atoms with Gasteiger partial charge in [0.25, 0.3) is 6.29 Å². The molecule has 0 aromatic heterocycles. The molecule has 0 spiro atoms. The van der Waals surface area contributed by atoms with E-state index < -0.39 is 6.29 Å². The van der Waals surface area contributed by atoms with Gasteiger partial charge in [-0.1, -0.05) is 20.3 Å². The molecule has 4 rings (SSSR count). The van der Waals surface area contributed by atoms with E-state index in [0.717, 1.165) is 6.42 Å². The molecule has 0 bridgehead atoms. The molecule has 0 N–H and O–H groups in total. The summed E-state index contributed by atoms with van der Waals surface area (Å²) >= 11 is 0. The Bertz CT molecular complexity index is 644. The number of carbonyl (C=O) groups excluding carboxylic acids is 2. The van der Waals surface area contributed by atoms with Gasteiger partial charge in [-0.15, -0.1) is 0 Å². The Morgan fingerprint density at radius 2 is 2.04 bits per heavy atom. The molecule has 2 aliphatic heterocycles. The monoisotopic (exact) mass is 332 g/mol. The Kier molecular flexibility index (Phi) is 3.52. The second-order valence-electron chi connectivity index (χ2n) is 8.21. The van der Waals surface area contributed by atoms with E-state index in [1.807, 2.05) is 0 Å². The van der Waals surface area contributed by atoms with E-state index in [9.17, 15) is 9.59 Å². The Balaban J connectivity index is 1.53. The van der Waals surface area contributed by atoms with Crippen LogP contribution in [0.4, 0.5) is 0 Å². The van der Waals surface area contributed by atoms with Crippen LogP contribution in [0.1, 0.15) is 46.5 Å². The minimum atomic E-state index is -0.739. The number of fused-ring (bicyclic) bond motifs is 3. The number of hydrogen-bond acceptors (Lipinski definition) is 5. The summed E-state index contributed by atoms with van der Waals surface area (Å²) in [7, 11) is 0. The fourth-order valence-electron chi connectivity index (χ4n) is 5.14. The molecule has 24 heavy (non-hydrogen) atoms. The molecule has 0 aromatic rings. The quantitative estimate of drug-likeness (QED) is 0.442. The molecule has 4 aliphatic rings. The van der Waals surface area contributed by atoms with Crippen LogP contribution in [0, 0.1) is 23.2 Å². The standard InChI is InChI=1S/C19H24O5/c1-10-7-14(23-17(10)20)22-9-13-12-8-11-5-4-6-19(2,3)15(11)16(12)24-18(13)21/h7,9,11-12,14-16H,4-6,8H2,1-3H3/b13-9+. The van der Waals surface area contributed by atoms with Crippen molar-refractivity contribution in [1.82, 2.24) is 0 Å². The van der Waals surface area contributed by atoms with Crippen LogP contribution < -0.4 is 0 Å². The topological polar surface area (TPSA) is 61.8 Å². The van der Waals surface area contributed by atoms with Crippen LogP contribution in [0.3, 0.4) is 0 Å². The number of ether oxygens (including phenoxy) is 3. The summed E-state index contributed by atoms with van der Waals surface area (Å²) in [6.45, 7) is 6.27. The molecule has 0 amide bonds. The molecule has 5 nitrogen and oxygen atoms in total. The summed E-state index contributed by atoms with van der Waals surface area (Å²) in [4.78, 5) is 23.7. The fourth-order valence-corrected chi connectivity index (χ4v) is 5.14. The number of rotatable bonds is 2. The summed E-state index contributed by atoms with van der Waals surface area (Å²) in [5, 5.41) is 0. The maximum Gasteiger partial charge on any atom is 0.337 e. The maximum absolute atomic E-state index is 12.3. The molecule has 3 fully saturated rings. The van der Waals surface area contributed by atoms with Crippen LogP contribution in [0.5, 0.6) is 0 Å². The lowest BCUT2D eigenvalue weighted by Crippen LogP contribution is -2.38. The zero-order valence-corrected chi connectivity index (χ0v) is 14.4. The average Bonchev–Trinajstić information content (AvgIpc) is 3.10. The molecule has 5 unspecified atom stereocenters. The molecule has 5 atom stereocenters. The third kappa shape index (κ3) is 2.36. The second-order valence-corrected chi connectivity index (χ2v) is 8.21. The first-order valence-corrected chi connectivity index (χ1v) is 8.83. The first kappa shape index (κ1) is 15.7. The number of hydrogen-bond donors (Lipinski definition) is 0. The van der Waals surface area contributed by atoms with E-state index in [4.69, 9.17) is 14.2 Å². The van der Waals surface area contributed by atoms with Gasteiger partial charge in [0.2, 0.25) is 0 Å². The Morgan fingerprint density at radius 1 is 1.25 bits per heavy atom. The van der Waals surface area contributed by atoms with Crippen molar-refractivity contribution in [2.75, 3.05) is 0 Å². The minimum absolute atomic E-state index is 0.0314. The fraction of sp³-hybridized carbons (Fsp3) is 0.684. The largest absolute Gasteiger partial charge is 0.458 e. The first-order chi connectivity index (χ1) is 11.4. The molecular weight excluding hydrogens is 308 g/mol. The molecule has 2 heterocycles. The minimum Gasteiger partial charge on any atom is -0.458 e. The average molecular weight is 332 g/mol. The van der Waals surface area contributed by atoms with Gasteiger partial charge in [0.05, 0.1) is 11.8 Å². The van der Waals surface area contributed by atoms with Crippen LogP contribution in [0.2, 0.25) is 0 Å². The normalized spacial score (nSPS) is 41.5. The van der Waals surface area contributed by atoms with Crippen molar-refractivity contribution >= 4 is 11.9 Å². The maximum atomic E-state index is 12.3. The third-order valence-electron chi connectivity index (χ3n) is 6.25. The molecular formula is C19H24O5. The number of cyclic esters (lactones) is 1. The van der Waals surface area contributed by atoms with Gasteiger partial charge >= 0.3 is 11.9 Å². The number of carbonyl (C=O) groups is 2. The predicted molar refractivity (Wildman–Crippen MR) is 85.4 cm³/mol. The lowest BCUT2D eigenvalue weighted by atomic mass is 9.64.